The zero-order chi connectivity index (χ0) is 22.9. The highest BCUT2D eigenvalue weighted by molar-refractivity contribution is 6.30. The molecule has 0 bridgehead atoms. The molecule has 0 radical (unpaired) electrons. The molecule has 1 aromatic rings. The van der Waals surface area contributed by atoms with Gasteiger partial charge >= 0.3 is 5.97 Å². The maximum absolute atomic E-state index is 11.7. The average Bonchev–Trinajstić information content (AvgIpc) is 2.89. The number of carbonyl (C=O) groups excluding carboxylic acids is 1. The minimum absolute atomic E-state index is 0.0529. The van der Waals surface area contributed by atoms with E-state index in [2.05, 4.69) is 12.2 Å². The van der Waals surface area contributed by atoms with Crippen molar-refractivity contribution in [3.8, 4) is 5.75 Å². The fraction of sp³-hybridized carbons (Fsp3) is 0.654. The van der Waals surface area contributed by atoms with E-state index < -0.39 is 0 Å². The number of esters is 1. The van der Waals surface area contributed by atoms with E-state index in [1.54, 1.807) is 0 Å². The largest absolute Gasteiger partial charge is 0.493 e. The summed E-state index contributed by atoms with van der Waals surface area (Å²) in [6, 6.07) is 7.40. The Morgan fingerprint density at radius 1 is 1.34 bits per heavy atom. The highest BCUT2D eigenvalue weighted by Crippen LogP contribution is 2.42. The molecule has 3 rings (SSSR count). The number of ether oxygens (including phenoxy) is 3. The Kier molecular flexibility index (Phi) is 9.89. The number of aliphatic hydroxyl groups is 1. The number of halogens is 1. The molecule has 0 spiro atoms. The number of aliphatic hydroxyl groups excluding tert-OH is 1. The van der Waals surface area contributed by atoms with Crippen molar-refractivity contribution in [2.24, 2.45) is 17.8 Å². The predicted molar refractivity (Wildman–Crippen MR) is 126 cm³/mol. The normalized spacial score (nSPS) is 28.0. The van der Waals surface area contributed by atoms with E-state index in [1.807, 2.05) is 38.1 Å². The predicted octanol–water partition coefficient (Wildman–Crippen LogP) is 5.58. The van der Waals surface area contributed by atoms with Crippen molar-refractivity contribution in [2.75, 3.05) is 13.2 Å². The fourth-order valence-electron chi connectivity index (χ4n) is 4.85. The van der Waals surface area contributed by atoms with Gasteiger partial charge in [-0.25, -0.2) is 0 Å². The highest BCUT2D eigenvalue weighted by Gasteiger charge is 2.43. The lowest BCUT2D eigenvalue weighted by atomic mass is 9.86. The van der Waals surface area contributed by atoms with Crippen LogP contribution in [0.5, 0.6) is 5.75 Å². The summed E-state index contributed by atoms with van der Waals surface area (Å²) >= 11 is 5.98. The maximum atomic E-state index is 11.7. The van der Waals surface area contributed by atoms with Gasteiger partial charge in [-0.3, -0.25) is 4.79 Å². The molecule has 5 atom stereocenters. The summed E-state index contributed by atoms with van der Waals surface area (Å²) in [4.78, 5) is 11.7. The molecule has 1 heterocycles. The van der Waals surface area contributed by atoms with Crippen LogP contribution in [0.3, 0.4) is 0 Å². The number of carbonyl (C=O) groups is 1. The minimum atomic E-state index is -0.350. The number of hydrogen-bond donors (Lipinski definition) is 1. The Bertz CT molecular complexity index is 749. The van der Waals surface area contributed by atoms with Crippen LogP contribution in [-0.4, -0.2) is 42.6 Å². The minimum Gasteiger partial charge on any atom is -0.493 e. The number of hydrogen-bond acceptors (Lipinski definition) is 5. The third kappa shape index (κ3) is 7.79. The summed E-state index contributed by atoms with van der Waals surface area (Å²) in [7, 11) is 0. The number of fused-ring (bicyclic) bond motifs is 1. The first-order valence-corrected chi connectivity index (χ1v) is 12.3. The molecule has 1 aliphatic heterocycles. The molecule has 6 heteroatoms. The van der Waals surface area contributed by atoms with Crippen molar-refractivity contribution in [3.63, 3.8) is 0 Å². The van der Waals surface area contributed by atoms with Crippen LogP contribution in [0, 0.1) is 17.8 Å². The van der Waals surface area contributed by atoms with Gasteiger partial charge in [0.25, 0.3) is 0 Å². The Balaban J connectivity index is 1.40. The highest BCUT2D eigenvalue weighted by atomic mass is 35.5. The van der Waals surface area contributed by atoms with Gasteiger partial charge in [0.15, 0.2) is 0 Å². The Labute approximate surface area is 197 Å². The lowest BCUT2D eigenvalue weighted by Crippen LogP contribution is -2.21. The standard InChI is InChI=1S/C26H37ClO5/c1-18(2)32-26(29)11-5-7-19-12-13-23-22(24(28)16-25(23)31-17-19)10-3-4-14-30-21-9-6-8-20(27)15-21/h3,6,8-10,15,18-19,22-25,28H,4-5,7,11-14,16-17H2,1-2H3/b10-3+/t19-,22+,23+,24+,25-/m0/s1. The molecule has 0 amide bonds. The number of benzene rings is 1. The molecule has 178 valence electrons. The second kappa shape index (κ2) is 12.6. The van der Waals surface area contributed by atoms with Gasteiger partial charge in [-0.05, 0) is 76.0 Å². The van der Waals surface area contributed by atoms with Crippen molar-refractivity contribution in [2.45, 2.75) is 77.1 Å². The van der Waals surface area contributed by atoms with Crippen molar-refractivity contribution in [1.82, 2.24) is 0 Å². The molecule has 1 saturated carbocycles. The molecule has 1 aliphatic carbocycles. The third-order valence-corrected chi connectivity index (χ3v) is 6.65. The molecular formula is C26H37ClO5. The molecule has 32 heavy (non-hydrogen) atoms. The van der Waals surface area contributed by atoms with Gasteiger partial charge in [0, 0.05) is 30.4 Å². The molecule has 2 aliphatic rings. The second-order valence-electron chi connectivity index (χ2n) is 9.31. The molecule has 5 nitrogen and oxygen atoms in total. The van der Waals surface area contributed by atoms with Gasteiger partial charge in [0.2, 0.25) is 0 Å². The molecule has 0 unspecified atom stereocenters. The van der Waals surface area contributed by atoms with Crippen LogP contribution in [0.1, 0.15) is 58.8 Å². The van der Waals surface area contributed by atoms with Gasteiger partial charge in [-0.2, -0.15) is 0 Å². The van der Waals surface area contributed by atoms with E-state index in [1.165, 1.54) is 0 Å². The van der Waals surface area contributed by atoms with Gasteiger partial charge in [0.05, 0.1) is 24.9 Å². The first-order valence-electron chi connectivity index (χ1n) is 12.0. The topological polar surface area (TPSA) is 65.0 Å². The SMILES string of the molecule is CC(C)OC(=O)CCC[C@H]1CC[C@@H]2[C@@H](/C=C/CCOc3cccc(Cl)c3)[C@H](O)C[C@@H]2OC1. The van der Waals surface area contributed by atoms with Crippen LogP contribution in [-0.2, 0) is 14.3 Å². The summed E-state index contributed by atoms with van der Waals surface area (Å²) in [6.45, 7) is 5.05. The molecule has 0 aromatic heterocycles. The Hall–Kier alpha value is -1.56. The maximum Gasteiger partial charge on any atom is 0.306 e. The van der Waals surface area contributed by atoms with Crippen molar-refractivity contribution >= 4 is 17.6 Å². The van der Waals surface area contributed by atoms with Gasteiger partial charge in [0.1, 0.15) is 5.75 Å². The van der Waals surface area contributed by atoms with E-state index in [9.17, 15) is 9.90 Å². The fourth-order valence-corrected chi connectivity index (χ4v) is 5.04. The van der Waals surface area contributed by atoms with Crippen LogP contribution in [0.25, 0.3) is 0 Å². The third-order valence-electron chi connectivity index (χ3n) is 6.41. The molecule has 1 N–H and O–H groups in total. The lowest BCUT2D eigenvalue weighted by molar-refractivity contribution is -0.147. The average molecular weight is 465 g/mol. The van der Waals surface area contributed by atoms with Crippen LogP contribution in [0.4, 0.5) is 0 Å². The quantitative estimate of drug-likeness (QED) is 0.278. The van der Waals surface area contributed by atoms with E-state index in [4.69, 9.17) is 25.8 Å². The molecule has 2 fully saturated rings. The summed E-state index contributed by atoms with van der Waals surface area (Å²) in [5.74, 6) is 1.61. The van der Waals surface area contributed by atoms with E-state index >= 15 is 0 Å². The summed E-state index contributed by atoms with van der Waals surface area (Å²) in [5.41, 5.74) is 0. The second-order valence-corrected chi connectivity index (χ2v) is 9.75. The monoisotopic (exact) mass is 464 g/mol. The van der Waals surface area contributed by atoms with Gasteiger partial charge < -0.3 is 19.3 Å². The summed E-state index contributed by atoms with van der Waals surface area (Å²) in [6.07, 6.45) is 9.90. The van der Waals surface area contributed by atoms with Crippen LogP contribution >= 0.6 is 11.6 Å². The molecule has 1 saturated heterocycles. The van der Waals surface area contributed by atoms with Gasteiger partial charge in [-0.15, -0.1) is 0 Å². The van der Waals surface area contributed by atoms with E-state index in [0.29, 0.717) is 36.3 Å². The zero-order valence-corrected chi connectivity index (χ0v) is 20.0. The first-order chi connectivity index (χ1) is 15.4. The summed E-state index contributed by atoms with van der Waals surface area (Å²) in [5, 5.41) is 11.3. The molecule has 1 aromatic carbocycles. The van der Waals surface area contributed by atoms with Crippen molar-refractivity contribution in [1.29, 1.82) is 0 Å². The first kappa shape index (κ1) is 25.1. The van der Waals surface area contributed by atoms with Crippen LogP contribution in [0.2, 0.25) is 5.02 Å². The van der Waals surface area contributed by atoms with Crippen LogP contribution < -0.4 is 4.74 Å². The lowest BCUT2D eigenvalue weighted by Gasteiger charge is -2.20. The Morgan fingerprint density at radius 3 is 2.97 bits per heavy atom. The van der Waals surface area contributed by atoms with E-state index in [0.717, 1.165) is 44.5 Å². The molecular weight excluding hydrogens is 428 g/mol. The smallest absolute Gasteiger partial charge is 0.306 e. The number of rotatable bonds is 10. The Morgan fingerprint density at radius 2 is 2.19 bits per heavy atom. The van der Waals surface area contributed by atoms with Gasteiger partial charge in [-0.1, -0.05) is 29.8 Å². The van der Waals surface area contributed by atoms with Crippen LogP contribution in [0.15, 0.2) is 36.4 Å². The van der Waals surface area contributed by atoms with E-state index in [-0.39, 0.29) is 30.2 Å². The zero-order valence-electron chi connectivity index (χ0n) is 19.3. The van der Waals surface area contributed by atoms with Crippen molar-refractivity contribution in [3.05, 3.63) is 41.4 Å². The van der Waals surface area contributed by atoms with Crippen molar-refractivity contribution < 1.29 is 24.1 Å². The summed E-state index contributed by atoms with van der Waals surface area (Å²) < 4.78 is 17.2.